The Hall–Kier alpha value is -3.42. The van der Waals surface area contributed by atoms with Crippen molar-refractivity contribution in [2.24, 2.45) is 0 Å². The third-order valence-electron chi connectivity index (χ3n) is 4.45. The number of benzene rings is 1. The van der Waals surface area contributed by atoms with E-state index < -0.39 is 6.04 Å². The lowest BCUT2D eigenvalue weighted by atomic mass is 10.1. The van der Waals surface area contributed by atoms with E-state index in [1.54, 1.807) is 43.3 Å². The molecule has 8 heteroatoms. The second-order valence-corrected chi connectivity index (χ2v) is 6.50. The molecule has 1 atom stereocenters. The number of hydrogen-bond acceptors (Lipinski definition) is 5. The van der Waals surface area contributed by atoms with Crippen LogP contribution in [0.15, 0.2) is 47.1 Å². The van der Waals surface area contributed by atoms with Gasteiger partial charge < -0.3 is 15.1 Å². The van der Waals surface area contributed by atoms with Crippen LogP contribution in [0.1, 0.15) is 46.2 Å². The quantitative estimate of drug-likeness (QED) is 0.671. The first kappa shape index (κ1) is 19.3. The summed E-state index contributed by atoms with van der Waals surface area (Å²) in [6.07, 6.45) is 1.93. The van der Waals surface area contributed by atoms with E-state index in [9.17, 15) is 19.2 Å². The van der Waals surface area contributed by atoms with Crippen LogP contribution in [0.2, 0.25) is 0 Å². The Morgan fingerprint density at radius 2 is 1.75 bits per heavy atom. The monoisotopic (exact) mass is 383 g/mol. The molecule has 1 aliphatic rings. The second kappa shape index (κ2) is 8.51. The fourth-order valence-electron chi connectivity index (χ4n) is 2.96. The molecule has 8 nitrogen and oxygen atoms in total. The highest BCUT2D eigenvalue weighted by atomic mass is 16.3. The van der Waals surface area contributed by atoms with E-state index in [0.717, 1.165) is 4.90 Å². The average molecular weight is 383 g/mol. The molecule has 0 bridgehead atoms. The predicted molar refractivity (Wildman–Crippen MR) is 99.2 cm³/mol. The topological polar surface area (TPSA) is 109 Å². The van der Waals surface area contributed by atoms with Crippen LogP contribution in [0.3, 0.4) is 0 Å². The molecular formula is C20H21N3O5. The SMILES string of the molecule is C[C@H](NC(=O)CCCN1C(=O)c2ccccc2C1=O)C(=O)NCc1ccco1. The minimum absolute atomic E-state index is 0.100. The molecule has 146 valence electrons. The van der Waals surface area contributed by atoms with Crippen molar-refractivity contribution >= 4 is 23.6 Å². The van der Waals surface area contributed by atoms with Gasteiger partial charge in [0.15, 0.2) is 0 Å². The first-order valence-electron chi connectivity index (χ1n) is 9.02. The van der Waals surface area contributed by atoms with Gasteiger partial charge in [0, 0.05) is 13.0 Å². The number of carbonyl (C=O) groups is 4. The van der Waals surface area contributed by atoms with Gasteiger partial charge in [-0.2, -0.15) is 0 Å². The number of carbonyl (C=O) groups excluding carboxylic acids is 4. The molecule has 2 N–H and O–H groups in total. The maximum atomic E-state index is 12.3. The van der Waals surface area contributed by atoms with E-state index in [0.29, 0.717) is 23.3 Å². The molecule has 0 radical (unpaired) electrons. The van der Waals surface area contributed by atoms with E-state index in [-0.39, 0.29) is 43.1 Å². The van der Waals surface area contributed by atoms with Crippen molar-refractivity contribution in [3.63, 3.8) is 0 Å². The van der Waals surface area contributed by atoms with Gasteiger partial charge in [-0.15, -0.1) is 0 Å². The van der Waals surface area contributed by atoms with Gasteiger partial charge in [0.1, 0.15) is 11.8 Å². The summed E-state index contributed by atoms with van der Waals surface area (Å²) in [6.45, 7) is 1.98. The van der Waals surface area contributed by atoms with E-state index in [4.69, 9.17) is 4.42 Å². The van der Waals surface area contributed by atoms with E-state index >= 15 is 0 Å². The van der Waals surface area contributed by atoms with Gasteiger partial charge in [0.2, 0.25) is 11.8 Å². The van der Waals surface area contributed by atoms with Gasteiger partial charge in [-0.1, -0.05) is 12.1 Å². The molecule has 2 aromatic rings. The normalized spacial score (nSPS) is 14.0. The van der Waals surface area contributed by atoms with Crippen LogP contribution in [0, 0.1) is 0 Å². The summed E-state index contributed by atoms with van der Waals surface area (Å²) in [5, 5.41) is 5.27. The minimum Gasteiger partial charge on any atom is -0.467 e. The standard InChI is InChI=1S/C20H21N3O5/c1-13(18(25)21-12-14-6-5-11-28-14)22-17(24)9-4-10-23-19(26)15-7-2-3-8-16(15)20(23)27/h2-3,5-8,11,13H,4,9-10,12H2,1H3,(H,21,25)(H,22,24)/t13-/m0/s1. The van der Waals surface area contributed by atoms with Crippen LogP contribution in [0.5, 0.6) is 0 Å². The summed E-state index contributed by atoms with van der Waals surface area (Å²) in [5.74, 6) is -0.714. The number of nitrogens with zero attached hydrogens (tertiary/aromatic N) is 1. The Bertz CT molecular complexity index is 856. The fourth-order valence-corrected chi connectivity index (χ4v) is 2.96. The Morgan fingerprint density at radius 1 is 1.07 bits per heavy atom. The second-order valence-electron chi connectivity index (χ2n) is 6.50. The highest BCUT2D eigenvalue weighted by molar-refractivity contribution is 6.21. The number of nitrogens with one attached hydrogen (secondary N) is 2. The molecule has 1 aliphatic heterocycles. The van der Waals surface area contributed by atoms with Gasteiger partial charge in [0.05, 0.1) is 23.9 Å². The summed E-state index contributed by atoms with van der Waals surface area (Å²) in [5.41, 5.74) is 0.776. The van der Waals surface area contributed by atoms with Gasteiger partial charge in [0.25, 0.3) is 11.8 Å². The molecule has 1 aromatic carbocycles. The smallest absolute Gasteiger partial charge is 0.261 e. The number of furan rings is 1. The van der Waals surface area contributed by atoms with Crippen LogP contribution in [-0.2, 0) is 16.1 Å². The first-order valence-corrected chi connectivity index (χ1v) is 9.02. The molecule has 0 spiro atoms. The minimum atomic E-state index is -0.707. The lowest BCUT2D eigenvalue weighted by molar-refractivity contribution is -0.128. The van der Waals surface area contributed by atoms with Crippen LogP contribution in [0.4, 0.5) is 0 Å². The maximum Gasteiger partial charge on any atom is 0.261 e. The molecule has 4 amide bonds. The van der Waals surface area contributed by atoms with Crippen LogP contribution >= 0.6 is 0 Å². The lowest BCUT2D eigenvalue weighted by Crippen LogP contribution is -2.44. The zero-order valence-corrected chi connectivity index (χ0v) is 15.4. The Labute approximate surface area is 161 Å². The molecule has 0 aliphatic carbocycles. The van der Waals surface area contributed by atoms with E-state index in [1.807, 2.05) is 0 Å². The number of amides is 4. The van der Waals surface area contributed by atoms with Crippen LogP contribution < -0.4 is 10.6 Å². The molecular weight excluding hydrogens is 362 g/mol. The molecule has 0 unspecified atom stereocenters. The van der Waals surface area contributed by atoms with Crippen molar-refractivity contribution in [3.05, 3.63) is 59.5 Å². The molecule has 0 saturated carbocycles. The molecule has 3 rings (SSSR count). The van der Waals surface area contributed by atoms with Crippen molar-refractivity contribution < 1.29 is 23.6 Å². The molecule has 0 fully saturated rings. The van der Waals surface area contributed by atoms with Crippen molar-refractivity contribution in [3.8, 4) is 0 Å². The summed E-state index contributed by atoms with van der Waals surface area (Å²) in [4.78, 5) is 49.7. The predicted octanol–water partition coefficient (Wildman–Crippen LogP) is 1.48. The van der Waals surface area contributed by atoms with Crippen molar-refractivity contribution in [2.75, 3.05) is 6.54 Å². The third kappa shape index (κ3) is 4.28. The van der Waals surface area contributed by atoms with Crippen LogP contribution in [-0.4, -0.2) is 41.1 Å². The highest BCUT2D eigenvalue weighted by Crippen LogP contribution is 2.22. The van der Waals surface area contributed by atoms with E-state index in [2.05, 4.69) is 10.6 Å². The highest BCUT2D eigenvalue weighted by Gasteiger charge is 2.34. The van der Waals surface area contributed by atoms with Gasteiger partial charge >= 0.3 is 0 Å². The summed E-state index contributed by atoms with van der Waals surface area (Å²) < 4.78 is 5.13. The zero-order chi connectivity index (χ0) is 20.1. The van der Waals surface area contributed by atoms with Gasteiger partial charge in [-0.3, -0.25) is 24.1 Å². The Kier molecular flexibility index (Phi) is 5.88. The largest absolute Gasteiger partial charge is 0.467 e. The first-order chi connectivity index (χ1) is 13.5. The number of fused-ring (bicyclic) bond motifs is 1. The van der Waals surface area contributed by atoms with Crippen LogP contribution in [0.25, 0.3) is 0 Å². The fraction of sp³-hybridized carbons (Fsp3) is 0.300. The Balaban J connectivity index is 1.40. The summed E-state index contributed by atoms with van der Waals surface area (Å²) >= 11 is 0. The number of hydrogen-bond donors (Lipinski definition) is 2. The molecule has 1 aromatic heterocycles. The van der Waals surface area contributed by atoms with Gasteiger partial charge in [-0.05, 0) is 37.6 Å². The molecule has 28 heavy (non-hydrogen) atoms. The lowest BCUT2D eigenvalue weighted by Gasteiger charge is -2.15. The van der Waals surface area contributed by atoms with Gasteiger partial charge in [-0.25, -0.2) is 0 Å². The van der Waals surface area contributed by atoms with Crippen molar-refractivity contribution in [2.45, 2.75) is 32.4 Å². The summed E-state index contributed by atoms with van der Waals surface area (Å²) in [6, 6.07) is 9.40. The average Bonchev–Trinajstić information content (AvgIpc) is 3.29. The van der Waals surface area contributed by atoms with Crippen molar-refractivity contribution in [1.82, 2.24) is 15.5 Å². The molecule has 2 heterocycles. The summed E-state index contributed by atoms with van der Waals surface area (Å²) in [7, 11) is 0. The van der Waals surface area contributed by atoms with Crippen molar-refractivity contribution in [1.29, 1.82) is 0 Å². The maximum absolute atomic E-state index is 12.3. The third-order valence-corrected chi connectivity index (χ3v) is 4.45. The molecule has 0 saturated heterocycles. The van der Waals surface area contributed by atoms with E-state index in [1.165, 1.54) is 6.26 Å². The zero-order valence-electron chi connectivity index (χ0n) is 15.4. The number of imide groups is 1. The number of rotatable bonds is 8. The Morgan fingerprint density at radius 3 is 2.36 bits per heavy atom.